The SMILES string of the molecule is CC(C)c1cccc2oc3cc(N(c4ccccc4)c4ccc5c(c4)[C@]4(CCc6ccc(N(c7ccccc7)c7ccccc7)cc64)CC5)ccc3c12. The fraction of sp³-hybridized carbons (Fsp3) is 0.160. The summed E-state index contributed by atoms with van der Waals surface area (Å²) in [7, 11) is 0. The molecule has 1 spiro atoms. The molecule has 8 aromatic rings. The average molecular weight is 687 g/mol. The highest BCUT2D eigenvalue weighted by Crippen LogP contribution is 2.55. The van der Waals surface area contributed by atoms with Crippen molar-refractivity contribution in [1.82, 2.24) is 0 Å². The molecule has 0 N–H and O–H groups in total. The molecule has 0 bridgehead atoms. The molecule has 0 amide bonds. The third-order valence-corrected chi connectivity index (χ3v) is 11.8. The third kappa shape index (κ3) is 5.17. The topological polar surface area (TPSA) is 19.6 Å². The third-order valence-electron chi connectivity index (χ3n) is 11.8. The van der Waals surface area contributed by atoms with Crippen molar-refractivity contribution in [2.45, 2.75) is 50.9 Å². The maximum Gasteiger partial charge on any atom is 0.137 e. The van der Waals surface area contributed by atoms with E-state index in [-0.39, 0.29) is 5.41 Å². The maximum absolute atomic E-state index is 6.56. The van der Waals surface area contributed by atoms with Crippen LogP contribution in [0.4, 0.5) is 34.1 Å². The second kappa shape index (κ2) is 12.6. The molecule has 7 aromatic carbocycles. The fourth-order valence-corrected chi connectivity index (χ4v) is 9.33. The van der Waals surface area contributed by atoms with E-state index in [1.807, 2.05) is 0 Å². The van der Waals surface area contributed by atoms with Crippen LogP contribution in [0.5, 0.6) is 0 Å². The Bertz CT molecular complexity index is 2560. The summed E-state index contributed by atoms with van der Waals surface area (Å²) in [4.78, 5) is 4.80. The fourth-order valence-electron chi connectivity index (χ4n) is 9.33. The lowest BCUT2D eigenvalue weighted by atomic mass is 9.76. The summed E-state index contributed by atoms with van der Waals surface area (Å²) < 4.78 is 6.56. The zero-order valence-electron chi connectivity index (χ0n) is 30.3. The summed E-state index contributed by atoms with van der Waals surface area (Å²) in [6, 6.07) is 59.9. The minimum absolute atomic E-state index is 0.0198. The van der Waals surface area contributed by atoms with Gasteiger partial charge >= 0.3 is 0 Å². The van der Waals surface area contributed by atoms with Crippen molar-refractivity contribution in [1.29, 1.82) is 0 Å². The van der Waals surface area contributed by atoms with Gasteiger partial charge in [-0.05, 0) is 138 Å². The van der Waals surface area contributed by atoms with E-state index in [0.29, 0.717) is 5.92 Å². The molecule has 0 aliphatic heterocycles. The highest BCUT2D eigenvalue weighted by atomic mass is 16.3. The van der Waals surface area contributed by atoms with E-state index in [1.54, 1.807) is 0 Å². The van der Waals surface area contributed by atoms with Crippen LogP contribution >= 0.6 is 0 Å². The van der Waals surface area contributed by atoms with Gasteiger partial charge < -0.3 is 14.2 Å². The normalized spacial score (nSPS) is 16.1. The molecule has 0 radical (unpaired) electrons. The Kier molecular flexibility index (Phi) is 7.50. The molecule has 1 atom stereocenters. The summed E-state index contributed by atoms with van der Waals surface area (Å²) in [6.45, 7) is 4.51. The number of hydrogen-bond donors (Lipinski definition) is 0. The van der Waals surface area contributed by atoms with Crippen molar-refractivity contribution in [3.8, 4) is 0 Å². The highest BCUT2D eigenvalue weighted by molar-refractivity contribution is 6.08. The van der Waals surface area contributed by atoms with Crippen molar-refractivity contribution in [2.75, 3.05) is 9.80 Å². The summed E-state index contributed by atoms with van der Waals surface area (Å²) >= 11 is 0. The van der Waals surface area contributed by atoms with E-state index in [4.69, 9.17) is 4.42 Å². The number of para-hydroxylation sites is 3. The smallest absolute Gasteiger partial charge is 0.137 e. The first-order valence-electron chi connectivity index (χ1n) is 19.0. The van der Waals surface area contributed by atoms with Gasteiger partial charge in [0, 0.05) is 56.4 Å². The van der Waals surface area contributed by atoms with E-state index in [2.05, 4.69) is 187 Å². The van der Waals surface area contributed by atoms with Gasteiger partial charge in [0.1, 0.15) is 11.2 Å². The van der Waals surface area contributed by atoms with E-state index in [9.17, 15) is 0 Å². The number of anilines is 6. The van der Waals surface area contributed by atoms with E-state index in [1.165, 1.54) is 61.3 Å². The zero-order valence-corrected chi connectivity index (χ0v) is 30.3. The first-order valence-corrected chi connectivity index (χ1v) is 19.0. The second-order valence-electron chi connectivity index (χ2n) is 15.1. The van der Waals surface area contributed by atoms with Crippen LogP contribution in [0.1, 0.15) is 60.4 Å². The van der Waals surface area contributed by atoms with Gasteiger partial charge in [-0.15, -0.1) is 0 Å². The number of rotatable bonds is 7. The molecular formula is C50H42N2O. The molecule has 0 saturated heterocycles. The summed E-state index contributed by atoms with van der Waals surface area (Å²) in [5, 5.41) is 2.40. The van der Waals surface area contributed by atoms with E-state index >= 15 is 0 Å². The van der Waals surface area contributed by atoms with Crippen LogP contribution in [0.15, 0.2) is 168 Å². The van der Waals surface area contributed by atoms with Crippen molar-refractivity contribution in [3.05, 3.63) is 192 Å². The molecule has 10 rings (SSSR count). The molecule has 53 heavy (non-hydrogen) atoms. The lowest BCUT2D eigenvalue weighted by Gasteiger charge is -2.31. The van der Waals surface area contributed by atoms with Crippen LogP contribution in [0.3, 0.4) is 0 Å². The Hall–Kier alpha value is -6.06. The first kappa shape index (κ1) is 31.7. The van der Waals surface area contributed by atoms with Gasteiger partial charge in [-0.2, -0.15) is 0 Å². The van der Waals surface area contributed by atoms with Gasteiger partial charge in [-0.3, -0.25) is 0 Å². The minimum atomic E-state index is -0.0198. The molecule has 1 heterocycles. The van der Waals surface area contributed by atoms with Gasteiger partial charge in [0.2, 0.25) is 0 Å². The molecule has 3 nitrogen and oxygen atoms in total. The molecule has 0 saturated carbocycles. The molecular weight excluding hydrogens is 645 g/mol. The first-order chi connectivity index (χ1) is 26.1. The quantitative estimate of drug-likeness (QED) is 0.166. The van der Waals surface area contributed by atoms with Crippen molar-refractivity contribution >= 4 is 56.1 Å². The van der Waals surface area contributed by atoms with Crippen LogP contribution < -0.4 is 9.80 Å². The number of benzene rings is 7. The lowest BCUT2D eigenvalue weighted by molar-refractivity contribution is 0.507. The van der Waals surface area contributed by atoms with Crippen LogP contribution in [0, 0.1) is 0 Å². The number of nitrogens with zero attached hydrogens (tertiary/aromatic N) is 2. The van der Waals surface area contributed by atoms with Crippen LogP contribution in [0.2, 0.25) is 0 Å². The average Bonchev–Trinajstić information content (AvgIpc) is 3.89. The van der Waals surface area contributed by atoms with Crippen molar-refractivity contribution < 1.29 is 4.42 Å². The van der Waals surface area contributed by atoms with Gasteiger partial charge in [0.25, 0.3) is 0 Å². The number of hydrogen-bond acceptors (Lipinski definition) is 3. The minimum Gasteiger partial charge on any atom is -0.456 e. The molecule has 1 aromatic heterocycles. The van der Waals surface area contributed by atoms with Gasteiger partial charge in [-0.25, -0.2) is 0 Å². The van der Waals surface area contributed by atoms with E-state index < -0.39 is 0 Å². The zero-order chi connectivity index (χ0) is 35.5. The highest BCUT2D eigenvalue weighted by Gasteiger charge is 2.45. The Morgan fingerprint density at radius 3 is 1.49 bits per heavy atom. The summed E-state index contributed by atoms with van der Waals surface area (Å²) in [5.74, 6) is 0.412. The van der Waals surface area contributed by atoms with Crippen LogP contribution in [0.25, 0.3) is 21.9 Å². The molecule has 0 fully saturated rings. The molecule has 2 aliphatic carbocycles. The van der Waals surface area contributed by atoms with Gasteiger partial charge in [0.05, 0.1) is 0 Å². The predicted octanol–water partition coefficient (Wildman–Crippen LogP) is 13.8. The molecule has 258 valence electrons. The second-order valence-corrected chi connectivity index (χ2v) is 15.1. The molecule has 3 heteroatoms. The summed E-state index contributed by atoms with van der Waals surface area (Å²) in [5.41, 5.74) is 16.0. The Morgan fingerprint density at radius 1 is 0.472 bits per heavy atom. The van der Waals surface area contributed by atoms with Crippen LogP contribution in [-0.4, -0.2) is 0 Å². The Morgan fingerprint density at radius 2 is 0.962 bits per heavy atom. The predicted molar refractivity (Wildman–Crippen MR) is 221 cm³/mol. The standard InChI is InChI=1S/C50H42N2O/c1-34(2)43-19-12-20-47-49(43)44-26-25-42(33-48(44)53-47)52(39-17-10-5-11-18-39)41-24-22-36-28-30-50(46(36)32-41)29-27-35-21-23-40(31-45(35)50)51(37-13-6-3-7-14-37)38-15-8-4-9-16-38/h3-26,31-34H,27-30H2,1-2H3/t50-/m1/s1. The number of aryl methyl sites for hydroxylation is 2. The maximum atomic E-state index is 6.56. The largest absolute Gasteiger partial charge is 0.456 e. The molecule has 0 unspecified atom stereocenters. The monoisotopic (exact) mass is 686 g/mol. The van der Waals surface area contributed by atoms with Crippen molar-refractivity contribution in [3.63, 3.8) is 0 Å². The summed E-state index contributed by atoms with van der Waals surface area (Å²) in [6.07, 6.45) is 4.45. The van der Waals surface area contributed by atoms with Gasteiger partial charge in [-0.1, -0.05) is 92.7 Å². The van der Waals surface area contributed by atoms with Gasteiger partial charge in [0.15, 0.2) is 0 Å². The molecule has 2 aliphatic rings. The number of fused-ring (bicyclic) bond motifs is 7. The van der Waals surface area contributed by atoms with E-state index in [0.717, 1.165) is 48.2 Å². The lowest BCUT2D eigenvalue weighted by Crippen LogP contribution is -2.22. The van der Waals surface area contributed by atoms with Crippen LogP contribution in [-0.2, 0) is 18.3 Å². The Balaban J connectivity index is 1.10. The van der Waals surface area contributed by atoms with Crippen molar-refractivity contribution in [2.24, 2.45) is 0 Å². The number of furan rings is 1. The Labute approximate surface area is 311 Å².